The molecule has 0 bridgehead atoms. The van der Waals surface area contributed by atoms with E-state index in [4.69, 9.17) is 0 Å². The van der Waals surface area contributed by atoms with E-state index in [1.807, 2.05) is 0 Å². The van der Waals surface area contributed by atoms with Crippen LogP contribution >= 0.6 is 0 Å². The smallest absolute Gasteiger partial charge is 0.0159 e. The van der Waals surface area contributed by atoms with Gasteiger partial charge in [-0.1, -0.05) is 69.2 Å². The minimum Gasteiger partial charge on any atom is -0.0625 e. The van der Waals surface area contributed by atoms with Crippen molar-refractivity contribution in [2.45, 2.75) is 45.4 Å². The predicted molar refractivity (Wildman–Crippen MR) is 83.5 cm³/mol. The summed E-state index contributed by atoms with van der Waals surface area (Å²) in [5, 5.41) is 2.76. The third-order valence-corrected chi connectivity index (χ3v) is 4.90. The van der Waals surface area contributed by atoms with E-state index in [0.29, 0.717) is 0 Å². The van der Waals surface area contributed by atoms with Gasteiger partial charge in [-0.3, -0.25) is 0 Å². The van der Waals surface area contributed by atoms with Gasteiger partial charge in [0.25, 0.3) is 0 Å². The lowest BCUT2D eigenvalue weighted by atomic mass is 9.74. The summed E-state index contributed by atoms with van der Waals surface area (Å²) in [6.07, 6.45) is 5.60. The molecule has 2 aromatic carbocycles. The summed E-state index contributed by atoms with van der Waals surface area (Å²) in [6, 6.07) is 15.8. The van der Waals surface area contributed by atoms with Crippen LogP contribution in [0.3, 0.4) is 0 Å². The Morgan fingerprint density at radius 3 is 2.53 bits per heavy atom. The molecule has 0 heteroatoms. The monoisotopic (exact) mass is 252 g/mol. The Labute approximate surface area is 116 Å². The first-order valence-electron chi connectivity index (χ1n) is 7.73. The van der Waals surface area contributed by atoms with Crippen LogP contribution in [0.15, 0.2) is 42.5 Å². The predicted octanol–water partition coefficient (Wildman–Crippen LogP) is 5.77. The molecular formula is C19H24. The van der Waals surface area contributed by atoms with Gasteiger partial charge >= 0.3 is 0 Å². The number of fused-ring (bicyclic) bond motifs is 1. The van der Waals surface area contributed by atoms with Gasteiger partial charge in [-0.25, -0.2) is 0 Å². The topological polar surface area (TPSA) is 0 Å². The first-order chi connectivity index (χ1) is 9.24. The molecule has 1 aliphatic rings. The van der Waals surface area contributed by atoms with Crippen LogP contribution < -0.4 is 0 Å². The first-order valence-corrected chi connectivity index (χ1v) is 7.73. The zero-order chi connectivity index (χ0) is 13.2. The first kappa shape index (κ1) is 12.7. The lowest BCUT2D eigenvalue weighted by Gasteiger charge is -2.32. The Kier molecular flexibility index (Phi) is 3.59. The van der Waals surface area contributed by atoms with Gasteiger partial charge in [-0.2, -0.15) is 0 Å². The van der Waals surface area contributed by atoms with Crippen molar-refractivity contribution in [1.29, 1.82) is 0 Å². The molecule has 2 unspecified atom stereocenters. The second-order valence-corrected chi connectivity index (χ2v) is 6.47. The van der Waals surface area contributed by atoms with E-state index in [1.54, 1.807) is 5.56 Å². The largest absolute Gasteiger partial charge is 0.0625 e. The van der Waals surface area contributed by atoms with E-state index < -0.39 is 0 Å². The van der Waals surface area contributed by atoms with Crippen LogP contribution in [0.2, 0.25) is 0 Å². The Balaban J connectivity index is 1.87. The molecule has 2 aromatic rings. The highest BCUT2D eigenvalue weighted by Crippen LogP contribution is 2.39. The molecule has 19 heavy (non-hydrogen) atoms. The van der Waals surface area contributed by atoms with Crippen molar-refractivity contribution < 1.29 is 0 Å². The molecule has 1 aliphatic carbocycles. The standard InChI is InChI=1S/C19H24/c1-14(2)16-8-5-9-18(12-16)19-11-10-15-6-3-4-7-17(15)13-19/h3-4,6-7,10-11,13-14,16,18H,5,8-9,12H2,1-2H3. The van der Waals surface area contributed by atoms with Crippen LogP contribution in [-0.2, 0) is 0 Å². The van der Waals surface area contributed by atoms with Crippen LogP contribution in [0.25, 0.3) is 10.8 Å². The number of hydrogen-bond donors (Lipinski definition) is 0. The Hall–Kier alpha value is -1.30. The summed E-state index contributed by atoms with van der Waals surface area (Å²) in [7, 11) is 0. The maximum atomic E-state index is 2.42. The third-order valence-electron chi connectivity index (χ3n) is 4.90. The average Bonchev–Trinajstić information content (AvgIpc) is 2.47. The fourth-order valence-electron chi connectivity index (χ4n) is 3.60. The molecule has 1 fully saturated rings. The lowest BCUT2D eigenvalue weighted by Crippen LogP contribution is -2.18. The zero-order valence-electron chi connectivity index (χ0n) is 12.1. The summed E-state index contributed by atoms with van der Waals surface area (Å²) in [6.45, 7) is 4.76. The van der Waals surface area contributed by atoms with Crippen LogP contribution in [0.5, 0.6) is 0 Å². The van der Waals surface area contributed by atoms with Crippen LogP contribution in [0.4, 0.5) is 0 Å². The molecule has 0 aliphatic heterocycles. The lowest BCUT2D eigenvalue weighted by molar-refractivity contribution is 0.254. The summed E-state index contributed by atoms with van der Waals surface area (Å²) >= 11 is 0. The molecule has 0 N–H and O–H groups in total. The molecule has 0 nitrogen and oxygen atoms in total. The second-order valence-electron chi connectivity index (χ2n) is 6.47. The average molecular weight is 252 g/mol. The summed E-state index contributed by atoms with van der Waals surface area (Å²) in [5.41, 5.74) is 1.56. The van der Waals surface area contributed by atoms with Crippen molar-refractivity contribution in [3.63, 3.8) is 0 Å². The van der Waals surface area contributed by atoms with Crippen molar-refractivity contribution in [2.24, 2.45) is 11.8 Å². The van der Waals surface area contributed by atoms with Crippen LogP contribution in [0, 0.1) is 11.8 Å². The molecule has 0 saturated heterocycles. The van der Waals surface area contributed by atoms with E-state index in [9.17, 15) is 0 Å². The summed E-state index contributed by atoms with van der Waals surface area (Å²) in [4.78, 5) is 0. The van der Waals surface area contributed by atoms with Crippen molar-refractivity contribution >= 4 is 10.8 Å². The SMILES string of the molecule is CC(C)C1CCCC(c2ccc3ccccc3c2)C1. The summed E-state index contributed by atoms with van der Waals surface area (Å²) < 4.78 is 0. The highest BCUT2D eigenvalue weighted by Gasteiger charge is 2.25. The van der Waals surface area contributed by atoms with Gasteiger partial charge in [0.15, 0.2) is 0 Å². The minimum absolute atomic E-state index is 0.783. The molecule has 3 rings (SSSR count). The van der Waals surface area contributed by atoms with Gasteiger partial charge in [0.1, 0.15) is 0 Å². The van der Waals surface area contributed by atoms with E-state index in [0.717, 1.165) is 17.8 Å². The minimum atomic E-state index is 0.783. The Bertz CT molecular complexity index is 553. The Morgan fingerprint density at radius 2 is 1.74 bits per heavy atom. The van der Waals surface area contributed by atoms with E-state index in [1.165, 1.54) is 36.5 Å². The van der Waals surface area contributed by atoms with Crippen LogP contribution in [0.1, 0.15) is 51.0 Å². The number of rotatable bonds is 2. The molecule has 0 heterocycles. The van der Waals surface area contributed by atoms with Crippen molar-refractivity contribution in [1.82, 2.24) is 0 Å². The van der Waals surface area contributed by atoms with Crippen molar-refractivity contribution in [2.75, 3.05) is 0 Å². The quantitative estimate of drug-likeness (QED) is 0.636. The fraction of sp³-hybridized carbons (Fsp3) is 0.474. The third kappa shape index (κ3) is 2.68. The van der Waals surface area contributed by atoms with Gasteiger partial charge in [0, 0.05) is 0 Å². The Morgan fingerprint density at radius 1 is 0.947 bits per heavy atom. The second kappa shape index (κ2) is 5.36. The highest BCUT2D eigenvalue weighted by atomic mass is 14.3. The molecule has 0 amide bonds. The molecular weight excluding hydrogens is 228 g/mol. The van der Waals surface area contributed by atoms with E-state index in [-0.39, 0.29) is 0 Å². The molecule has 0 aromatic heterocycles. The van der Waals surface area contributed by atoms with Crippen molar-refractivity contribution in [3.8, 4) is 0 Å². The van der Waals surface area contributed by atoms with Gasteiger partial charge in [0.05, 0.1) is 0 Å². The maximum Gasteiger partial charge on any atom is -0.0159 e. The summed E-state index contributed by atoms with van der Waals surface area (Å²) in [5.74, 6) is 2.54. The normalized spacial score (nSPS) is 23.9. The molecule has 0 radical (unpaired) electrons. The molecule has 100 valence electrons. The van der Waals surface area contributed by atoms with E-state index in [2.05, 4.69) is 56.3 Å². The number of benzene rings is 2. The van der Waals surface area contributed by atoms with Gasteiger partial charge < -0.3 is 0 Å². The molecule has 0 spiro atoms. The van der Waals surface area contributed by atoms with Gasteiger partial charge in [-0.05, 0) is 46.9 Å². The molecule has 2 atom stereocenters. The zero-order valence-corrected chi connectivity index (χ0v) is 12.1. The van der Waals surface area contributed by atoms with Crippen LogP contribution in [-0.4, -0.2) is 0 Å². The fourth-order valence-corrected chi connectivity index (χ4v) is 3.60. The highest BCUT2D eigenvalue weighted by molar-refractivity contribution is 5.83. The van der Waals surface area contributed by atoms with Gasteiger partial charge in [-0.15, -0.1) is 0 Å². The van der Waals surface area contributed by atoms with E-state index >= 15 is 0 Å². The molecule has 1 saturated carbocycles. The van der Waals surface area contributed by atoms with Crippen molar-refractivity contribution in [3.05, 3.63) is 48.0 Å². The maximum absolute atomic E-state index is 2.42. The van der Waals surface area contributed by atoms with Gasteiger partial charge in [0.2, 0.25) is 0 Å². The number of hydrogen-bond acceptors (Lipinski definition) is 0.